The van der Waals surface area contributed by atoms with Gasteiger partial charge in [-0.2, -0.15) is 0 Å². The van der Waals surface area contributed by atoms with Crippen LogP contribution < -0.4 is 10.6 Å². The molecule has 0 aliphatic carbocycles. The van der Waals surface area contributed by atoms with Crippen molar-refractivity contribution >= 4 is 57.1 Å². The summed E-state index contributed by atoms with van der Waals surface area (Å²) in [7, 11) is 0. The molecule has 0 saturated carbocycles. The Bertz CT molecular complexity index is 1120. The van der Waals surface area contributed by atoms with Crippen molar-refractivity contribution in [2.45, 2.75) is 0 Å². The number of nitrogens with zero attached hydrogens (tertiary/aromatic N) is 3. The van der Waals surface area contributed by atoms with E-state index in [1.165, 1.54) is 11.8 Å². The van der Waals surface area contributed by atoms with E-state index in [0.29, 0.717) is 38.7 Å². The van der Waals surface area contributed by atoms with E-state index in [9.17, 15) is 4.79 Å². The van der Waals surface area contributed by atoms with Crippen LogP contribution in [0.3, 0.4) is 0 Å². The van der Waals surface area contributed by atoms with Gasteiger partial charge in [-0.3, -0.25) is 4.79 Å². The summed E-state index contributed by atoms with van der Waals surface area (Å²) in [4.78, 5) is 26.3. The quantitative estimate of drug-likeness (QED) is 0.437. The molecular weight excluding hydrogens is 394 g/mol. The molecule has 3 heterocycles. The Hall–Kier alpha value is -2.88. The molecule has 1 aromatic carbocycles. The van der Waals surface area contributed by atoms with Gasteiger partial charge >= 0.3 is 0 Å². The summed E-state index contributed by atoms with van der Waals surface area (Å²) in [5.74, 6) is 0.317. The Morgan fingerprint density at radius 3 is 2.61 bits per heavy atom. The van der Waals surface area contributed by atoms with Crippen LogP contribution >= 0.6 is 24.0 Å². The van der Waals surface area contributed by atoms with Crippen molar-refractivity contribution in [3.05, 3.63) is 53.1 Å². The van der Waals surface area contributed by atoms with Crippen LogP contribution in [-0.4, -0.2) is 43.4 Å². The largest absolute Gasteiger partial charge is 0.395 e. The van der Waals surface area contributed by atoms with Gasteiger partial charge in [-0.25, -0.2) is 15.0 Å². The Balaban J connectivity index is 1.78. The smallest absolute Gasteiger partial charge is 0.263 e. The predicted octanol–water partition coefficient (Wildman–Crippen LogP) is 2.58. The highest BCUT2D eigenvalue weighted by atomic mass is 32.2. The first-order chi connectivity index (χ1) is 13.6. The van der Waals surface area contributed by atoms with Gasteiger partial charge in [0.2, 0.25) is 0 Å². The summed E-state index contributed by atoms with van der Waals surface area (Å²) in [5.41, 5.74) is 3.29. The molecule has 0 atom stereocenters. The first-order valence-electron chi connectivity index (χ1n) is 8.48. The third-order valence-electron chi connectivity index (χ3n) is 3.91. The van der Waals surface area contributed by atoms with Gasteiger partial charge in [-0.15, -0.1) is 0 Å². The van der Waals surface area contributed by atoms with E-state index in [0.717, 1.165) is 11.0 Å². The number of carbonyl (C=O) groups is 1. The van der Waals surface area contributed by atoms with Crippen LogP contribution in [0.2, 0.25) is 0 Å². The summed E-state index contributed by atoms with van der Waals surface area (Å²) in [5, 5.41) is 14.9. The lowest BCUT2D eigenvalue weighted by atomic mass is 10.2. The first-order valence-corrected chi connectivity index (χ1v) is 9.70. The topological polar surface area (TPSA) is 100 Å². The molecule has 3 N–H and O–H groups in total. The molecule has 1 amide bonds. The normalized spacial score (nSPS) is 15.2. The number of amides is 1. The van der Waals surface area contributed by atoms with Gasteiger partial charge in [0.05, 0.1) is 33.9 Å². The van der Waals surface area contributed by atoms with E-state index < -0.39 is 0 Å². The fourth-order valence-corrected chi connectivity index (χ4v) is 3.72. The zero-order valence-corrected chi connectivity index (χ0v) is 16.2. The highest BCUT2D eigenvalue weighted by Gasteiger charge is 2.22. The number of pyridine rings is 1. The monoisotopic (exact) mass is 409 g/mol. The number of carbonyl (C=O) groups excluding carboxylic acids is 1. The summed E-state index contributed by atoms with van der Waals surface area (Å²) in [6, 6.07) is 13.0. The van der Waals surface area contributed by atoms with Gasteiger partial charge < -0.3 is 15.7 Å². The summed E-state index contributed by atoms with van der Waals surface area (Å²) in [6.45, 7) is 0.317. The minimum atomic E-state index is -0.224. The van der Waals surface area contributed by atoms with Crippen molar-refractivity contribution < 1.29 is 9.90 Å². The van der Waals surface area contributed by atoms with Crippen molar-refractivity contribution in [2.24, 2.45) is 0 Å². The van der Waals surface area contributed by atoms with Crippen LogP contribution in [0.15, 0.2) is 47.4 Å². The molecule has 1 aliphatic heterocycles. The molecule has 140 valence electrons. The number of hydrogen-bond acceptors (Lipinski definition) is 8. The number of aromatic nitrogens is 3. The van der Waals surface area contributed by atoms with E-state index in [1.807, 2.05) is 36.4 Å². The molecule has 3 aromatic rings. The lowest BCUT2D eigenvalue weighted by Gasteiger charge is -2.11. The number of hydrogen-bond donors (Lipinski definition) is 3. The van der Waals surface area contributed by atoms with Gasteiger partial charge in [0.25, 0.3) is 5.91 Å². The Morgan fingerprint density at radius 1 is 1.11 bits per heavy atom. The molecule has 2 aromatic heterocycles. The maximum atomic E-state index is 11.9. The summed E-state index contributed by atoms with van der Waals surface area (Å²) in [6.07, 6.45) is 1.69. The molecule has 0 bridgehead atoms. The molecule has 0 radical (unpaired) electrons. The van der Waals surface area contributed by atoms with Gasteiger partial charge in [0.15, 0.2) is 5.82 Å². The molecule has 0 unspecified atom stereocenters. The lowest BCUT2D eigenvalue weighted by molar-refractivity contribution is -0.115. The first kappa shape index (κ1) is 18.5. The maximum absolute atomic E-state index is 11.9. The highest BCUT2D eigenvalue weighted by molar-refractivity contribution is 8.26. The van der Waals surface area contributed by atoms with E-state index in [2.05, 4.69) is 20.6 Å². The number of thioether (sulfide) groups is 1. The van der Waals surface area contributed by atoms with Gasteiger partial charge in [-0.1, -0.05) is 42.2 Å². The van der Waals surface area contributed by atoms with Crippen LogP contribution in [0.1, 0.15) is 5.69 Å². The van der Waals surface area contributed by atoms with Crippen molar-refractivity contribution in [3.8, 4) is 11.4 Å². The lowest BCUT2D eigenvalue weighted by Crippen LogP contribution is -2.17. The molecule has 0 spiro atoms. The molecule has 1 aliphatic rings. The molecule has 4 rings (SSSR count). The van der Waals surface area contributed by atoms with Crippen LogP contribution in [0.4, 0.5) is 5.82 Å². The van der Waals surface area contributed by atoms with E-state index in [1.54, 1.807) is 12.1 Å². The number of para-hydroxylation sites is 2. The third-order valence-corrected chi connectivity index (χ3v) is 5.07. The molecule has 1 saturated heterocycles. The third kappa shape index (κ3) is 3.86. The van der Waals surface area contributed by atoms with E-state index >= 15 is 0 Å². The minimum Gasteiger partial charge on any atom is -0.395 e. The second-order valence-electron chi connectivity index (χ2n) is 5.86. The van der Waals surface area contributed by atoms with Crippen LogP contribution in [0, 0.1) is 0 Å². The van der Waals surface area contributed by atoms with Crippen molar-refractivity contribution in [1.29, 1.82) is 0 Å². The van der Waals surface area contributed by atoms with Gasteiger partial charge in [0.1, 0.15) is 10.0 Å². The van der Waals surface area contributed by atoms with Crippen LogP contribution in [-0.2, 0) is 4.79 Å². The standard InChI is InChI=1S/C19H15N5O2S2/c25-9-8-20-17-16(22-12-5-1-2-6-13(12)23-17)14-7-3-4-11(21-14)10-15-18(26)24-19(27)28-15/h1-7,10,25H,8-9H2,(H,20,23)(H,24,26,27)/b15-10-. The summed E-state index contributed by atoms with van der Waals surface area (Å²) < 4.78 is 0.434. The highest BCUT2D eigenvalue weighted by Crippen LogP contribution is 2.28. The second kappa shape index (κ2) is 8.01. The molecule has 9 heteroatoms. The van der Waals surface area contributed by atoms with Gasteiger partial charge in [-0.05, 0) is 30.3 Å². The molecule has 7 nitrogen and oxygen atoms in total. The number of aliphatic hydroxyl groups is 1. The zero-order chi connectivity index (χ0) is 19.5. The molecular formula is C19H15N5O2S2. The number of aliphatic hydroxyl groups excluding tert-OH is 1. The Labute approximate surface area is 170 Å². The fraction of sp³-hybridized carbons (Fsp3) is 0.105. The number of thiocarbonyl (C=S) groups is 1. The van der Waals surface area contributed by atoms with Crippen LogP contribution in [0.5, 0.6) is 0 Å². The molecule has 1 fully saturated rings. The number of fused-ring (bicyclic) bond motifs is 1. The van der Waals surface area contributed by atoms with Crippen molar-refractivity contribution in [3.63, 3.8) is 0 Å². The average molecular weight is 409 g/mol. The predicted molar refractivity (Wildman–Crippen MR) is 115 cm³/mol. The fourth-order valence-electron chi connectivity index (χ4n) is 2.70. The van der Waals surface area contributed by atoms with E-state index in [-0.39, 0.29) is 12.5 Å². The van der Waals surface area contributed by atoms with E-state index in [4.69, 9.17) is 22.3 Å². The second-order valence-corrected chi connectivity index (χ2v) is 7.58. The number of nitrogens with one attached hydrogen (secondary N) is 2. The van der Waals surface area contributed by atoms with Gasteiger partial charge in [0, 0.05) is 6.54 Å². The minimum absolute atomic E-state index is 0.0280. The van der Waals surface area contributed by atoms with Crippen molar-refractivity contribution in [2.75, 3.05) is 18.5 Å². The Kier molecular flexibility index (Phi) is 5.29. The number of anilines is 1. The average Bonchev–Trinajstić information content (AvgIpc) is 3.02. The summed E-state index contributed by atoms with van der Waals surface area (Å²) >= 11 is 6.23. The SMILES string of the molecule is O=C1NC(=S)S/C1=C\c1cccc(-c2nc3ccccc3nc2NCCO)n1. The number of benzene rings is 1. The molecule has 28 heavy (non-hydrogen) atoms. The van der Waals surface area contributed by atoms with Crippen molar-refractivity contribution in [1.82, 2.24) is 20.3 Å². The Morgan fingerprint density at radius 2 is 1.89 bits per heavy atom. The van der Waals surface area contributed by atoms with Crippen LogP contribution in [0.25, 0.3) is 28.5 Å². The number of rotatable bonds is 5. The maximum Gasteiger partial charge on any atom is 0.263 e. The zero-order valence-electron chi connectivity index (χ0n) is 14.5.